The second-order valence-corrected chi connectivity index (χ2v) is 5.97. The molecule has 0 radical (unpaired) electrons. The Morgan fingerprint density at radius 3 is 2.33 bits per heavy atom. The fraction of sp³-hybridized carbons (Fsp3) is 0. The molecule has 1 heterocycles. The molecule has 0 bridgehead atoms. The maximum Gasteiger partial charge on any atom is 0.343 e. The Labute approximate surface area is 148 Å². The average Bonchev–Trinajstić information content (AvgIpc) is 2.62. The summed E-state index contributed by atoms with van der Waals surface area (Å²) in [6.07, 6.45) is 5.65. The molecule has 0 aliphatic heterocycles. The van der Waals surface area contributed by atoms with E-state index in [4.69, 9.17) is 4.74 Å². The molecule has 0 saturated heterocycles. The Bertz CT molecular complexity index is 841. The van der Waals surface area contributed by atoms with E-state index in [0.717, 1.165) is 15.7 Å². The molecule has 3 nitrogen and oxygen atoms in total. The molecule has 1 aromatic heterocycles. The number of carbonyl (C=O) groups is 1. The molecule has 0 unspecified atom stereocenters. The molecule has 2 aromatic carbocycles. The van der Waals surface area contributed by atoms with Crippen LogP contribution in [0.25, 0.3) is 12.2 Å². The van der Waals surface area contributed by atoms with Crippen LogP contribution in [0.5, 0.6) is 5.75 Å². The zero-order chi connectivity index (χ0) is 16.8. The van der Waals surface area contributed by atoms with Gasteiger partial charge in [-0.25, -0.2) is 4.79 Å². The van der Waals surface area contributed by atoms with E-state index < -0.39 is 0 Å². The van der Waals surface area contributed by atoms with Crippen LogP contribution in [0.2, 0.25) is 0 Å². The van der Waals surface area contributed by atoms with Gasteiger partial charge < -0.3 is 4.74 Å². The molecule has 4 heteroatoms. The molecule has 118 valence electrons. The number of rotatable bonds is 4. The summed E-state index contributed by atoms with van der Waals surface area (Å²) < 4.78 is 6.29. The van der Waals surface area contributed by atoms with Crippen LogP contribution in [-0.2, 0) is 0 Å². The monoisotopic (exact) mass is 379 g/mol. The molecule has 0 aliphatic rings. The molecule has 0 fully saturated rings. The minimum atomic E-state index is -0.376. The van der Waals surface area contributed by atoms with Crippen LogP contribution in [0.4, 0.5) is 0 Å². The van der Waals surface area contributed by atoms with Crippen molar-refractivity contribution in [3.63, 3.8) is 0 Å². The lowest BCUT2D eigenvalue weighted by Gasteiger charge is -2.05. The fourth-order valence-corrected chi connectivity index (χ4v) is 2.32. The van der Waals surface area contributed by atoms with Gasteiger partial charge in [-0.1, -0.05) is 40.2 Å². The molecule has 0 atom stereocenters. The van der Waals surface area contributed by atoms with Gasteiger partial charge in [0.1, 0.15) is 5.75 Å². The summed E-state index contributed by atoms with van der Waals surface area (Å²) in [5.41, 5.74) is 2.41. The van der Waals surface area contributed by atoms with Crippen molar-refractivity contribution in [1.29, 1.82) is 0 Å². The van der Waals surface area contributed by atoms with E-state index in [1.54, 1.807) is 30.5 Å². The van der Waals surface area contributed by atoms with E-state index in [-0.39, 0.29) is 5.97 Å². The third kappa shape index (κ3) is 4.40. The summed E-state index contributed by atoms with van der Waals surface area (Å²) in [4.78, 5) is 16.3. The average molecular weight is 380 g/mol. The summed E-state index contributed by atoms with van der Waals surface area (Å²) in [6.45, 7) is 0. The standard InChI is InChI=1S/C20H14BrNO2/c21-17-9-7-16(8-10-17)20(23)24-19-12-5-15(6-13-19)4-11-18-3-1-2-14-22-18/h1-14H/b11-4+. The first-order chi connectivity index (χ1) is 11.7. The third-order valence-electron chi connectivity index (χ3n) is 3.30. The quantitative estimate of drug-likeness (QED) is 0.459. The summed E-state index contributed by atoms with van der Waals surface area (Å²) in [7, 11) is 0. The van der Waals surface area contributed by atoms with Gasteiger partial charge in [0.15, 0.2) is 0 Å². The Morgan fingerprint density at radius 1 is 0.917 bits per heavy atom. The summed E-state index contributed by atoms with van der Waals surface area (Å²) in [5, 5.41) is 0. The van der Waals surface area contributed by atoms with Gasteiger partial charge in [0.2, 0.25) is 0 Å². The summed E-state index contributed by atoms with van der Waals surface area (Å²) in [5.74, 6) is 0.136. The highest BCUT2D eigenvalue weighted by molar-refractivity contribution is 9.10. The highest BCUT2D eigenvalue weighted by Crippen LogP contribution is 2.17. The molecule has 24 heavy (non-hydrogen) atoms. The Hall–Kier alpha value is -2.72. The van der Waals surface area contributed by atoms with Crippen molar-refractivity contribution in [1.82, 2.24) is 4.98 Å². The van der Waals surface area contributed by atoms with Crippen molar-refractivity contribution >= 4 is 34.1 Å². The number of carbonyl (C=O) groups excluding carboxylic acids is 1. The molecule has 0 aliphatic carbocycles. The number of nitrogens with zero attached hydrogens (tertiary/aromatic N) is 1. The summed E-state index contributed by atoms with van der Waals surface area (Å²) in [6, 6.07) is 20.1. The highest BCUT2D eigenvalue weighted by atomic mass is 79.9. The molecular weight excluding hydrogens is 366 g/mol. The van der Waals surface area contributed by atoms with Crippen LogP contribution in [0.1, 0.15) is 21.6 Å². The predicted molar refractivity (Wildman–Crippen MR) is 98.7 cm³/mol. The number of aromatic nitrogens is 1. The van der Waals surface area contributed by atoms with Crippen LogP contribution in [0, 0.1) is 0 Å². The van der Waals surface area contributed by atoms with Crippen molar-refractivity contribution in [3.05, 3.63) is 94.2 Å². The van der Waals surface area contributed by atoms with Crippen molar-refractivity contribution < 1.29 is 9.53 Å². The number of ether oxygens (including phenoxy) is 1. The fourth-order valence-electron chi connectivity index (χ4n) is 2.06. The van der Waals surface area contributed by atoms with Crippen LogP contribution < -0.4 is 4.74 Å². The van der Waals surface area contributed by atoms with E-state index in [1.165, 1.54) is 0 Å². The Morgan fingerprint density at radius 2 is 1.67 bits per heavy atom. The van der Waals surface area contributed by atoms with Crippen LogP contribution >= 0.6 is 15.9 Å². The van der Waals surface area contributed by atoms with E-state index in [2.05, 4.69) is 20.9 Å². The predicted octanol–water partition coefficient (Wildman–Crippen LogP) is 5.23. The molecule has 0 amide bonds. The second-order valence-electron chi connectivity index (χ2n) is 5.05. The maximum atomic E-state index is 12.1. The Balaban J connectivity index is 1.65. The normalized spacial score (nSPS) is 10.7. The number of halogens is 1. The minimum Gasteiger partial charge on any atom is -0.423 e. The van der Waals surface area contributed by atoms with Crippen LogP contribution in [0.15, 0.2) is 77.4 Å². The molecule has 0 saturated carbocycles. The SMILES string of the molecule is O=C(Oc1ccc(/C=C/c2ccccn2)cc1)c1ccc(Br)cc1. The number of benzene rings is 2. The first-order valence-electron chi connectivity index (χ1n) is 7.38. The van der Waals surface area contributed by atoms with Crippen molar-refractivity contribution in [2.24, 2.45) is 0 Å². The van der Waals surface area contributed by atoms with Crippen LogP contribution in [-0.4, -0.2) is 11.0 Å². The van der Waals surface area contributed by atoms with Gasteiger partial charge in [0.25, 0.3) is 0 Å². The van der Waals surface area contributed by atoms with Gasteiger partial charge in [-0.2, -0.15) is 0 Å². The van der Waals surface area contributed by atoms with Crippen molar-refractivity contribution in [2.45, 2.75) is 0 Å². The second kappa shape index (κ2) is 7.70. The van der Waals surface area contributed by atoms with Gasteiger partial charge in [0, 0.05) is 10.7 Å². The maximum absolute atomic E-state index is 12.1. The third-order valence-corrected chi connectivity index (χ3v) is 3.83. The molecule has 3 rings (SSSR count). The Kier molecular flexibility index (Phi) is 5.18. The van der Waals surface area contributed by atoms with Crippen molar-refractivity contribution in [3.8, 4) is 5.75 Å². The molecule has 0 N–H and O–H groups in total. The molecule has 0 spiro atoms. The number of pyridine rings is 1. The first-order valence-corrected chi connectivity index (χ1v) is 8.17. The number of hydrogen-bond acceptors (Lipinski definition) is 3. The minimum absolute atomic E-state index is 0.376. The lowest BCUT2D eigenvalue weighted by molar-refractivity contribution is 0.0735. The molecule has 3 aromatic rings. The van der Waals surface area contributed by atoms with Gasteiger partial charge >= 0.3 is 5.97 Å². The lowest BCUT2D eigenvalue weighted by atomic mass is 10.2. The van der Waals surface area contributed by atoms with E-state index in [9.17, 15) is 4.79 Å². The lowest BCUT2D eigenvalue weighted by Crippen LogP contribution is -2.08. The highest BCUT2D eigenvalue weighted by Gasteiger charge is 2.07. The smallest absolute Gasteiger partial charge is 0.343 e. The van der Waals surface area contributed by atoms with E-state index >= 15 is 0 Å². The van der Waals surface area contributed by atoms with Gasteiger partial charge in [0.05, 0.1) is 11.3 Å². The van der Waals surface area contributed by atoms with E-state index in [1.807, 2.05) is 54.6 Å². The van der Waals surface area contributed by atoms with E-state index in [0.29, 0.717) is 11.3 Å². The largest absolute Gasteiger partial charge is 0.423 e. The zero-order valence-corrected chi connectivity index (χ0v) is 14.3. The van der Waals surface area contributed by atoms with Gasteiger partial charge in [-0.15, -0.1) is 0 Å². The molecular formula is C20H14BrNO2. The van der Waals surface area contributed by atoms with Crippen molar-refractivity contribution in [2.75, 3.05) is 0 Å². The van der Waals surface area contributed by atoms with Crippen LogP contribution in [0.3, 0.4) is 0 Å². The van der Waals surface area contributed by atoms with Gasteiger partial charge in [-0.3, -0.25) is 4.98 Å². The first kappa shape index (κ1) is 16.1. The number of esters is 1. The summed E-state index contributed by atoms with van der Waals surface area (Å²) >= 11 is 3.34. The number of hydrogen-bond donors (Lipinski definition) is 0. The zero-order valence-electron chi connectivity index (χ0n) is 12.7. The topological polar surface area (TPSA) is 39.2 Å². The van der Waals surface area contributed by atoms with Gasteiger partial charge in [-0.05, 0) is 60.2 Å².